The minimum atomic E-state index is -4.58. The molecule has 4 nitrogen and oxygen atoms in total. The highest BCUT2D eigenvalue weighted by atomic mass is 35.5. The number of hydrogen-bond acceptors (Lipinski definition) is 5. The van der Waals surface area contributed by atoms with Gasteiger partial charge in [-0.25, -0.2) is 0 Å². The van der Waals surface area contributed by atoms with Gasteiger partial charge in [0.25, 0.3) is 0 Å². The van der Waals surface area contributed by atoms with Gasteiger partial charge in [0.05, 0.1) is 33.8 Å². The molecule has 0 saturated heterocycles. The van der Waals surface area contributed by atoms with Gasteiger partial charge in [-0.05, 0) is 50.1 Å². The Morgan fingerprint density at radius 2 is 2.00 bits per heavy atom. The second kappa shape index (κ2) is 7.74. The Balaban J connectivity index is 1.99. The normalized spacial score (nSPS) is 19.5. The monoisotopic (exact) mass is 463 g/mol. The van der Waals surface area contributed by atoms with E-state index in [0.717, 1.165) is 28.0 Å². The molecule has 2 heterocycles. The Labute approximate surface area is 186 Å². The molecule has 31 heavy (non-hydrogen) atoms. The number of carbonyl (C=O) groups excluding carboxylic acids is 1. The lowest BCUT2D eigenvalue weighted by molar-refractivity contribution is -0.137. The number of benzene rings is 1. The number of aryl methyl sites for hydroxylation is 1. The fourth-order valence-electron chi connectivity index (χ4n) is 4.12. The van der Waals surface area contributed by atoms with E-state index in [1.807, 2.05) is 19.1 Å². The molecule has 0 bridgehead atoms. The van der Waals surface area contributed by atoms with Crippen LogP contribution in [0.3, 0.4) is 0 Å². The van der Waals surface area contributed by atoms with E-state index >= 15 is 0 Å². The number of ketones is 1. The van der Waals surface area contributed by atoms with E-state index < -0.39 is 17.7 Å². The number of alkyl halides is 3. The zero-order valence-electron chi connectivity index (χ0n) is 16.4. The first kappa shape index (κ1) is 21.5. The van der Waals surface area contributed by atoms with Crippen molar-refractivity contribution in [1.29, 1.82) is 5.26 Å². The minimum absolute atomic E-state index is 0.00440. The molecule has 160 valence electrons. The molecule has 9 heteroatoms. The number of rotatable bonds is 2. The van der Waals surface area contributed by atoms with Crippen molar-refractivity contribution < 1.29 is 18.0 Å². The largest absolute Gasteiger partial charge is 0.416 e. The van der Waals surface area contributed by atoms with Gasteiger partial charge in [-0.15, -0.1) is 11.3 Å². The average Bonchev–Trinajstić information content (AvgIpc) is 3.13. The number of anilines is 1. The van der Waals surface area contributed by atoms with Crippen LogP contribution < -0.4 is 10.6 Å². The van der Waals surface area contributed by atoms with Gasteiger partial charge in [0.15, 0.2) is 5.78 Å². The lowest BCUT2D eigenvalue weighted by atomic mass is 9.78. The first-order valence-corrected chi connectivity index (χ1v) is 10.7. The Bertz CT molecular complexity index is 1190. The number of thiophene rings is 1. The van der Waals surface area contributed by atoms with Gasteiger partial charge in [-0.3, -0.25) is 9.69 Å². The molecule has 4 rings (SSSR count). The van der Waals surface area contributed by atoms with Crippen molar-refractivity contribution in [3.8, 4) is 6.07 Å². The molecule has 1 aliphatic carbocycles. The number of nitrogens with two attached hydrogens (primary N) is 1. The molecule has 0 radical (unpaired) electrons. The van der Waals surface area contributed by atoms with Crippen LogP contribution in [-0.2, 0) is 11.0 Å². The van der Waals surface area contributed by atoms with Crippen molar-refractivity contribution >= 4 is 34.4 Å². The third-order valence-electron chi connectivity index (χ3n) is 5.47. The molecule has 0 fully saturated rings. The van der Waals surface area contributed by atoms with Gasteiger partial charge in [0.1, 0.15) is 5.82 Å². The molecule has 1 aromatic heterocycles. The summed E-state index contributed by atoms with van der Waals surface area (Å²) in [7, 11) is 0. The molecular weight excluding hydrogens is 447 g/mol. The molecule has 2 aromatic rings. The maximum atomic E-state index is 13.4. The second-order valence-corrected chi connectivity index (χ2v) is 9.16. The second-order valence-electron chi connectivity index (χ2n) is 7.43. The fourth-order valence-corrected chi connectivity index (χ4v) is 5.31. The van der Waals surface area contributed by atoms with Crippen LogP contribution >= 0.6 is 22.9 Å². The molecule has 2 aliphatic rings. The van der Waals surface area contributed by atoms with Crippen LogP contribution in [0.25, 0.3) is 0 Å². The van der Waals surface area contributed by atoms with Gasteiger partial charge in [0, 0.05) is 27.4 Å². The molecule has 0 saturated carbocycles. The summed E-state index contributed by atoms with van der Waals surface area (Å²) in [6.07, 6.45) is -3.30. The summed E-state index contributed by atoms with van der Waals surface area (Å²) in [5.41, 5.74) is 6.54. The quantitative estimate of drug-likeness (QED) is 0.590. The van der Waals surface area contributed by atoms with Crippen molar-refractivity contribution in [3.63, 3.8) is 0 Å². The lowest BCUT2D eigenvalue weighted by Crippen LogP contribution is -2.38. The maximum absolute atomic E-state index is 13.4. The predicted octanol–water partition coefficient (Wildman–Crippen LogP) is 6.03. The third-order valence-corrected chi connectivity index (χ3v) is 6.86. The molecule has 0 amide bonds. The van der Waals surface area contributed by atoms with Gasteiger partial charge in [-0.2, -0.15) is 18.4 Å². The van der Waals surface area contributed by atoms with Crippen molar-refractivity contribution in [2.45, 2.75) is 38.3 Å². The summed E-state index contributed by atoms with van der Waals surface area (Å²) in [5.74, 6) is -0.772. The van der Waals surface area contributed by atoms with Crippen molar-refractivity contribution in [2.24, 2.45) is 5.73 Å². The van der Waals surface area contributed by atoms with Gasteiger partial charge in [0.2, 0.25) is 0 Å². The molecule has 0 spiro atoms. The van der Waals surface area contributed by atoms with Crippen LogP contribution in [0.2, 0.25) is 5.02 Å². The van der Waals surface area contributed by atoms with Gasteiger partial charge in [-0.1, -0.05) is 11.6 Å². The summed E-state index contributed by atoms with van der Waals surface area (Å²) in [6.45, 7) is 1.92. The van der Waals surface area contributed by atoms with Crippen molar-refractivity contribution in [2.75, 3.05) is 4.90 Å². The zero-order chi connectivity index (χ0) is 22.5. The molecule has 1 aliphatic heterocycles. The summed E-state index contributed by atoms with van der Waals surface area (Å²) in [4.78, 5) is 16.2. The van der Waals surface area contributed by atoms with E-state index in [2.05, 4.69) is 6.07 Å². The highest BCUT2D eigenvalue weighted by Crippen LogP contribution is 2.49. The fraction of sp³-hybridized carbons (Fsp3) is 0.273. The van der Waals surface area contributed by atoms with Gasteiger partial charge < -0.3 is 5.73 Å². The van der Waals surface area contributed by atoms with Crippen molar-refractivity contribution in [3.05, 3.63) is 73.3 Å². The van der Waals surface area contributed by atoms with Crippen LogP contribution in [0.5, 0.6) is 0 Å². The smallest absolute Gasteiger partial charge is 0.384 e. The minimum Gasteiger partial charge on any atom is -0.384 e. The average molecular weight is 464 g/mol. The standard InChI is InChI=1S/C22H17ClF3N3OS/c1-11-5-8-18(31-11)19-13(10-27)21(28)29(15-3-2-4-17(30)20(15)19)16-9-12(22(24,25)26)6-7-14(16)23/h5-9,19H,2-4,28H2,1H3. The number of Topliss-reactive ketones (excluding diaryl/α,β-unsaturated/α-hetero) is 1. The van der Waals surface area contributed by atoms with Gasteiger partial charge >= 0.3 is 6.18 Å². The van der Waals surface area contributed by atoms with Crippen LogP contribution in [0.1, 0.15) is 40.5 Å². The lowest BCUT2D eigenvalue weighted by Gasteiger charge is -2.39. The van der Waals surface area contributed by atoms with Crippen LogP contribution in [0, 0.1) is 18.3 Å². The Morgan fingerprint density at radius 3 is 2.61 bits per heavy atom. The highest BCUT2D eigenvalue weighted by Gasteiger charge is 2.42. The number of nitrogens with zero attached hydrogens (tertiary/aromatic N) is 2. The summed E-state index contributed by atoms with van der Waals surface area (Å²) >= 11 is 7.74. The Hall–Kier alpha value is -2.76. The van der Waals surface area contributed by atoms with E-state index in [4.69, 9.17) is 17.3 Å². The number of carbonyl (C=O) groups is 1. The van der Waals surface area contributed by atoms with Crippen LogP contribution in [0.15, 0.2) is 53.0 Å². The zero-order valence-corrected chi connectivity index (χ0v) is 18.0. The first-order valence-electron chi connectivity index (χ1n) is 9.52. The number of halogens is 4. The van der Waals surface area contributed by atoms with E-state index in [1.165, 1.54) is 16.2 Å². The first-order chi connectivity index (χ1) is 14.6. The molecular formula is C22H17ClF3N3OS. The number of allylic oxidation sites excluding steroid dienone is 3. The number of nitriles is 1. The molecule has 2 N–H and O–H groups in total. The SMILES string of the molecule is Cc1ccc(C2C(C#N)=C(N)N(c3cc(C(F)(F)F)ccc3Cl)C3=C2C(=O)CCC3)s1. The summed E-state index contributed by atoms with van der Waals surface area (Å²) in [5, 5.41) is 9.98. The summed E-state index contributed by atoms with van der Waals surface area (Å²) in [6, 6.07) is 8.80. The Kier molecular flexibility index (Phi) is 5.36. The van der Waals surface area contributed by atoms with E-state index in [1.54, 1.807) is 0 Å². The van der Waals surface area contributed by atoms with E-state index in [0.29, 0.717) is 30.5 Å². The predicted molar refractivity (Wildman–Crippen MR) is 113 cm³/mol. The molecule has 1 atom stereocenters. The highest BCUT2D eigenvalue weighted by molar-refractivity contribution is 7.12. The maximum Gasteiger partial charge on any atom is 0.416 e. The third kappa shape index (κ3) is 3.62. The topological polar surface area (TPSA) is 70.1 Å². The van der Waals surface area contributed by atoms with Crippen LogP contribution in [0.4, 0.5) is 18.9 Å². The van der Waals surface area contributed by atoms with E-state index in [-0.39, 0.29) is 27.9 Å². The number of hydrogen-bond donors (Lipinski definition) is 1. The van der Waals surface area contributed by atoms with Crippen molar-refractivity contribution in [1.82, 2.24) is 0 Å². The molecule has 1 unspecified atom stereocenters. The summed E-state index contributed by atoms with van der Waals surface area (Å²) < 4.78 is 40.1. The Morgan fingerprint density at radius 1 is 1.26 bits per heavy atom. The van der Waals surface area contributed by atoms with E-state index in [9.17, 15) is 23.2 Å². The molecule has 1 aromatic carbocycles. The van der Waals surface area contributed by atoms with Crippen LogP contribution in [-0.4, -0.2) is 5.78 Å².